The zero-order valence-corrected chi connectivity index (χ0v) is 10.6. The summed E-state index contributed by atoms with van der Waals surface area (Å²) in [5.41, 5.74) is 7.87. The van der Waals surface area contributed by atoms with Crippen molar-refractivity contribution in [2.24, 2.45) is 5.73 Å². The lowest BCUT2D eigenvalue weighted by molar-refractivity contribution is 0.241. The predicted octanol–water partition coefficient (Wildman–Crippen LogP) is 2.31. The van der Waals surface area contributed by atoms with Crippen LogP contribution in [0.4, 0.5) is 0 Å². The van der Waals surface area contributed by atoms with Crippen molar-refractivity contribution in [3.05, 3.63) is 54.1 Å². The molecule has 0 bridgehead atoms. The number of hydrogen-bond donors (Lipinski definition) is 1. The van der Waals surface area contributed by atoms with Crippen molar-refractivity contribution in [3.8, 4) is 5.75 Å². The Hall–Kier alpha value is -1.94. The molecule has 18 heavy (non-hydrogen) atoms. The minimum Gasteiger partial charge on any atom is -0.489 e. The maximum absolute atomic E-state index is 6.16. The van der Waals surface area contributed by atoms with E-state index < -0.39 is 0 Å². The fraction of sp³-hybridized carbons (Fsp3) is 0.286. The molecule has 0 saturated carbocycles. The van der Waals surface area contributed by atoms with Gasteiger partial charge in [0.2, 0.25) is 0 Å². The van der Waals surface area contributed by atoms with Crippen molar-refractivity contribution >= 4 is 0 Å². The monoisotopic (exact) mass is 243 g/mol. The maximum Gasteiger partial charge on any atom is 0.138 e. The molecule has 0 radical (unpaired) electrons. The fourth-order valence-corrected chi connectivity index (χ4v) is 1.67. The second kappa shape index (κ2) is 5.60. The summed E-state index contributed by atoms with van der Waals surface area (Å²) in [5, 5.41) is 0. The van der Waals surface area contributed by atoms with Gasteiger partial charge in [-0.25, -0.2) is 0 Å². The van der Waals surface area contributed by atoms with Gasteiger partial charge in [0.1, 0.15) is 5.75 Å². The summed E-state index contributed by atoms with van der Waals surface area (Å²) in [4.78, 5) is 8.40. The van der Waals surface area contributed by atoms with Crippen LogP contribution in [0.1, 0.15) is 31.1 Å². The molecule has 0 fully saturated rings. The lowest BCUT2D eigenvalue weighted by Gasteiger charge is -2.14. The van der Waals surface area contributed by atoms with Gasteiger partial charge in [0, 0.05) is 12.4 Å². The van der Waals surface area contributed by atoms with Crippen molar-refractivity contribution in [2.75, 3.05) is 0 Å². The molecule has 0 aliphatic rings. The molecule has 1 unspecified atom stereocenters. The van der Waals surface area contributed by atoms with E-state index >= 15 is 0 Å². The van der Waals surface area contributed by atoms with Gasteiger partial charge in [-0.2, -0.15) is 0 Å². The zero-order valence-electron chi connectivity index (χ0n) is 10.6. The van der Waals surface area contributed by atoms with E-state index in [0.29, 0.717) is 0 Å². The van der Waals surface area contributed by atoms with Gasteiger partial charge < -0.3 is 10.5 Å². The lowest BCUT2D eigenvalue weighted by Crippen LogP contribution is -2.14. The Morgan fingerprint density at radius 2 is 2.06 bits per heavy atom. The molecule has 0 spiro atoms. The second-order valence-corrected chi connectivity index (χ2v) is 4.35. The average molecular weight is 243 g/mol. The number of ether oxygens (including phenoxy) is 1. The van der Waals surface area contributed by atoms with Crippen LogP contribution in [-0.2, 0) is 0 Å². The van der Waals surface area contributed by atoms with Gasteiger partial charge in [-0.15, -0.1) is 0 Å². The normalized spacial score (nSPS) is 12.4. The Morgan fingerprint density at radius 3 is 2.72 bits per heavy atom. The summed E-state index contributed by atoms with van der Waals surface area (Å²) in [5.74, 6) is 0.730. The van der Waals surface area contributed by atoms with E-state index in [9.17, 15) is 0 Å². The molecule has 0 amide bonds. The van der Waals surface area contributed by atoms with Gasteiger partial charge in [-0.3, -0.25) is 9.97 Å². The van der Waals surface area contributed by atoms with Crippen LogP contribution >= 0.6 is 0 Å². The minimum absolute atomic E-state index is 0.119. The van der Waals surface area contributed by atoms with Crippen LogP contribution in [0.2, 0.25) is 0 Å². The van der Waals surface area contributed by atoms with Gasteiger partial charge in [0.15, 0.2) is 0 Å². The molecule has 2 N–H and O–H groups in total. The molecule has 0 aromatic carbocycles. The Balaban J connectivity index is 2.23. The fourth-order valence-electron chi connectivity index (χ4n) is 1.67. The van der Waals surface area contributed by atoms with Gasteiger partial charge in [0.05, 0.1) is 24.0 Å². The van der Waals surface area contributed by atoms with Crippen LogP contribution in [0.25, 0.3) is 0 Å². The summed E-state index contributed by atoms with van der Waals surface area (Å²) in [6, 6.07) is 7.32. The summed E-state index contributed by atoms with van der Waals surface area (Å²) in [7, 11) is 0. The Morgan fingerprint density at radius 1 is 1.22 bits per heavy atom. The third-order valence-electron chi connectivity index (χ3n) is 2.47. The average Bonchev–Trinajstić information content (AvgIpc) is 2.38. The molecule has 0 aliphatic heterocycles. The molecular formula is C14H17N3O. The van der Waals surface area contributed by atoms with E-state index in [1.165, 1.54) is 0 Å². The van der Waals surface area contributed by atoms with Crippen LogP contribution in [0.15, 0.2) is 42.9 Å². The van der Waals surface area contributed by atoms with Crippen molar-refractivity contribution in [1.82, 2.24) is 9.97 Å². The first-order valence-electron chi connectivity index (χ1n) is 5.95. The van der Waals surface area contributed by atoms with E-state index in [0.717, 1.165) is 17.0 Å². The topological polar surface area (TPSA) is 61.0 Å². The summed E-state index contributed by atoms with van der Waals surface area (Å²) >= 11 is 0. The molecule has 0 aliphatic carbocycles. The smallest absolute Gasteiger partial charge is 0.138 e. The lowest BCUT2D eigenvalue weighted by atomic mass is 10.1. The number of nitrogens with zero attached hydrogens (tertiary/aromatic N) is 2. The molecule has 2 aromatic heterocycles. The summed E-state index contributed by atoms with van der Waals surface area (Å²) in [6.45, 7) is 3.96. The van der Waals surface area contributed by atoms with E-state index in [1.54, 1.807) is 18.6 Å². The van der Waals surface area contributed by atoms with Gasteiger partial charge in [0.25, 0.3) is 0 Å². The molecule has 2 aromatic rings. The van der Waals surface area contributed by atoms with E-state index in [4.69, 9.17) is 10.5 Å². The zero-order chi connectivity index (χ0) is 13.0. The molecule has 1 atom stereocenters. The number of pyridine rings is 2. The van der Waals surface area contributed by atoms with E-state index in [1.807, 2.05) is 38.1 Å². The largest absolute Gasteiger partial charge is 0.489 e. The first-order valence-corrected chi connectivity index (χ1v) is 5.95. The minimum atomic E-state index is -0.283. The van der Waals surface area contributed by atoms with E-state index in [-0.39, 0.29) is 12.1 Å². The predicted molar refractivity (Wildman–Crippen MR) is 70.3 cm³/mol. The third-order valence-corrected chi connectivity index (χ3v) is 2.47. The number of nitrogens with two attached hydrogens (primary N) is 1. The van der Waals surface area contributed by atoms with Gasteiger partial charge in [-0.05, 0) is 37.6 Å². The first-order chi connectivity index (χ1) is 8.66. The Bertz CT molecular complexity index is 499. The van der Waals surface area contributed by atoms with Gasteiger partial charge in [-0.1, -0.05) is 6.07 Å². The highest BCUT2D eigenvalue weighted by atomic mass is 16.5. The van der Waals surface area contributed by atoms with E-state index in [2.05, 4.69) is 9.97 Å². The van der Waals surface area contributed by atoms with Crippen molar-refractivity contribution in [2.45, 2.75) is 26.0 Å². The highest BCUT2D eigenvalue weighted by Crippen LogP contribution is 2.21. The Kier molecular flexibility index (Phi) is 3.89. The first kappa shape index (κ1) is 12.5. The number of rotatable bonds is 4. The number of aromatic nitrogens is 2. The molecule has 2 rings (SSSR count). The SMILES string of the molecule is CC(C)Oc1cncc(C(N)c2ccccn2)c1. The van der Waals surface area contributed by atoms with Crippen LogP contribution in [0.3, 0.4) is 0 Å². The quantitative estimate of drug-likeness (QED) is 0.895. The second-order valence-electron chi connectivity index (χ2n) is 4.35. The molecule has 4 heteroatoms. The molecule has 0 saturated heterocycles. The van der Waals surface area contributed by atoms with Crippen molar-refractivity contribution < 1.29 is 4.74 Å². The molecular weight excluding hydrogens is 226 g/mol. The molecule has 94 valence electrons. The standard InChI is InChI=1S/C14H17N3O/c1-10(2)18-12-7-11(8-16-9-12)14(15)13-5-3-4-6-17-13/h3-10,14H,15H2,1-2H3. The number of hydrogen-bond acceptors (Lipinski definition) is 4. The Labute approximate surface area is 107 Å². The van der Waals surface area contributed by atoms with Crippen molar-refractivity contribution in [1.29, 1.82) is 0 Å². The van der Waals surface area contributed by atoms with Crippen LogP contribution in [0.5, 0.6) is 5.75 Å². The highest BCUT2D eigenvalue weighted by molar-refractivity contribution is 5.30. The van der Waals surface area contributed by atoms with Crippen molar-refractivity contribution in [3.63, 3.8) is 0 Å². The highest BCUT2D eigenvalue weighted by Gasteiger charge is 2.11. The third kappa shape index (κ3) is 3.05. The van der Waals surface area contributed by atoms with Crippen LogP contribution < -0.4 is 10.5 Å². The van der Waals surface area contributed by atoms with Gasteiger partial charge >= 0.3 is 0 Å². The van der Waals surface area contributed by atoms with Crippen LogP contribution in [-0.4, -0.2) is 16.1 Å². The molecule has 4 nitrogen and oxygen atoms in total. The summed E-state index contributed by atoms with van der Waals surface area (Å²) in [6.07, 6.45) is 5.28. The summed E-state index contributed by atoms with van der Waals surface area (Å²) < 4.78 is 5.60. The maximum atomic E-state index is 6.16. The van der Waals surface area contributed by atoms with Crippen LogP contribution in [0, 0.1) is 0 Å². The molecule has 2 heterocycles.